The minimum Gasteiger partial charge on any atom is -0.487 e. The second kappa shape index (κ2) is 11.4. The summed E-state index contributed by atoms with van der Waals surface area (Å²) < 4.78 is 11.8. The number of ether oxygens (including phenoxy) is 2. The van der Waals surface area contributed by atoms with Gasteiger partial charge in [0.25, 0.3) is 0 Å². The Morgan fingerprint density at radius 1 is 1.18 bits per heavy atom. The predicted octanol–water partition coefficient (Wildman–Crippen LogP) is 6.43. The molecule has 0 bridgehead atoms. The lowest BCUT2D eigenvalue weighted by Crippen LogP contribution is -1.99. The number of nitrogens with one attached hydrogen (secondary N) is 1. The van der Waals surface area contributed by atoms with Crippen molar-refractivity contribution in [3.05, 3.63) is 75.6 Å². The number of nitrogens with two attached hydrogens (primary N) is 1. The summed E-state index contributed by atoms with van der Waals surface area (Å²) in [5.41, 5.74) is 7.46. The highest BCUT2D eigenvalue weighted by Gasteiger charge is 2.12. The molecule has 0 atom stereocenters. The molecule has 0 fully saturated rings. The third-order valence-corrected chi connectivity index (χ3v) is 4.82. The standard InChI is InChI=1S/C21H15Cl2N5O2.C3H8/c22-13-7-12(10-24)1-2-15(8-13)30-19-9-14(3-5-17(19)23)29-11-18-16-4-6-20(25)26-21(16)28-27-18;1-3-2/h1,3-9H,2,11H2,(H3,25,26,27,28);3H2,1-2H3. The Labute approximate surface area is 202 Å². The van der Waals surface area contributed by atoms with Crippen LogP contribution in [0.15, 0.2) is 64.9 Å². The van der Waals surface area contributed by atoms with E-state index >= 15 is 0 Å². The lowest BCUT2D eigenvalue weighted by atomic mass is 10.2. The molecule has 2 aromatic heterocycles. The number of nitrogens with zero attached hydrogens (tertiary/aromatic N) is 3. The van der Waals surface area contributed by atoms with E-state index in [4.69, 9.17) is 43.7 Å². The highest BCUT2D eigenvalue weighted by atomic mass is 35.5. The first-order chi connectivity index (χ1) is 15.9. The van der Waals surface area contributed by atoms with Crippen molar-refractivity contribution in [3.8, 4) is 17.6 Å². The van der Waals surface area contributed by atoms with Gasteiger partial charge in [0.05, 0.1) is 16.8 Å². The molecule has 1 aliphatic carbocycles. The van der Waals surface area contributed by atoms with Gasteiger partial charge in [-0.3, -0.25) is 5.10 Å². The summed E-state index contributed by atoms with van der Waals surface area (Å²) in [6, 6.07) is 10.7. The zero-order valence-electron chi connectivity index (χ0n) is 18.2. The topological polar surface area (TPSA) is 110 Å². The van der Waals surface area contributed by atoms with Crippen LogP contribution in [0.4, 0.5) is 5.82 Å². The molecule has 2 heterocycles. The van der Waals surface area contributed by atoms with Gasteiger partial charge in [-0.15, -0.1) is 0 Å². The fraction of sp³-hybridized carbons (Fsp3) is 0.208. The van der Waals surface area contributed by atoms with Gasteiger partial charge in [-0.1, -0.05) is 49.5 Å². The molecule has 0 saturated carbocycles. The van der Waals surface area contributed by atoms with Crippen LogP contribution in [0.3, 0.4) is 0 Å². The lowest BCUT2D eigenvalue weighted by molar-refractivity contribution is 0.300. The molecular formula is C24H23Cl2N5O2. The molecule has 1 aliphatic rings. The average molecular weight is 484 g/mol. The zero-order chi connectivity index (χ0) is 23.8. The molecule has 1 aromatic carbocycles. The number of nitrogen functional groups attached to an aromatic ring is 1. The molecule has 0 saturated heterocycles. The van der Waals surface area contributed by atoms with E-state index in [9.17, 15) is 0 Å². The van der Waals surface area contributed by atoms with Crippen LogP contribution < -0.4 is 15.2 Å². The van der Waals surface area contributed by atoms with Crippen molar-refractivity contribution in [2.45, 2.75) is 33.3 Å². The highest BCUT2D eigenvalue weighted by Crippen LogP contribution is 2.32. The summed E-state index contributed by atoms with van der Waals surface area (Å²) in [5, 5.41) is 17.8. The Morgan fingerprint density at radius 3 is 2.73 bits per heavy atom. The number of H-pyrrole nitrogens is 1. The first kappa shape index (κ1) is 24.2. The van der Waals surface area contributed by atoms with Crippen molar-refractivity contribution in [3.63, 3.8) is 0 Å². The van der Waals surface area contributed by atoms with Gasteiger partial charge in [0.15, 0.2) is 5.65 Å². The monoisotopic (exact) mass is 483 g/mol. The maximum absolute atomic E-state index is 9.07. The number of rotatable bonds is 5. The number of halogens is 2. The van der Waals surface area contributed by atoms with Gasteiger partial charge >= 0.3 is 0 Å². The minimum absolute atomic E-state index is 0.245. The lowest BCUT2D eigenvalue weighted by Gasteiger charge is -2.12. The molecule has 0 radical (unpaired) electrons. The van der Waals surface area contributed by atoms with Gasteiger partial charge in [0, 0.05) is 28.5 Å². The summed E-state index contributed by atoms with van der Waals surface area (Å²) in [6.07, 6.45) is 6.63. The van der Waals surface area contributed by atoms with E-state index < -0.39 is 0 Å². The Hall–Kier alpha value is -3.47. The van der Waals surface area contributed by atoms with E-state index in [1.54, 1.807) is 42.5 Å². The fourth-order valence-electron chi connectivity index (χ4n) is 2.84. The van der Waals surface area contributed by atoms with Crippen LogP contribution >= 0.6 is 23.2 Å². The summed E-state index contributed by atoms with van der Waals surface area (Å²) in [7, 11) is 0. The van der Waals surface area contributed by atoms with Crippen LogP contribution in [0.5, 0.6) is 11.5 Å². The largest absolute Gasteiger partial charge is 0.487 e. The van der Waals surface area contributed by atoms with Crippen molar-refractivity contribution < 1.29 is 9.47 Å². The SMILES string of the molecule is CCC.N#CC1=CCC(Oc2cc(OCc3[nH]nc4nc(N)ccc34)ccc2Cl)=CC(Cl)=C1. The Balaban J connectivity index is 0.000000968. The second-order valence-electron chi connectivity index (χ2n) is 7.11. The number of benzene rings is 1. The van der Waals surface area contributed by atoms with Crippen LogP contribution in [0, 0.1) is 11.3 Å². The van der Waals surface area contributed by atoms with E-state index in [0.29, 0.717) is 50.8 Å². The first-order valence-electron chi connectivity index (χ1n) is 10.3. The molecular weight excluding hydrogens is 461 g/mol. The first-order valence-corrected chi connectivity index (χ1v) is 11.1. The van der Waals surface area contributed by atoms with Gasteiger partial charge in [-0.05, 0) is 36.4 Å². The van der Waals surface area contributed by atoms with Crippen LogP contribution in [0.25, 0.3) is 11.0 Å². The summed E-state index contributed by atoms with van der Waals surface area (Å²) in [5.74, 6) is 1.94. The quantitative estimate of drug-likeness (QED) is 0.432. The van der Waals surface area contributed by atoms with E-state index in [1.165, 1.54) is 6.42 Å². The number of anilines is 1. The number of aromatic nitrogens is 3. The minimum atomic E-state index is 0.245. The number of fused-ring (bicyclic) bond motifs is 1. The third kappa shape index (κ3) is 6.51. The molecule has 4 rings (SSSR count). The van der Waals surface area contributed by atoms with Gasteiger partial charge in [0.1, 0.15) is 29.7 Å². The Kier molecular flexibility index (Phi) is 8.36. The molecule has 3 N–H and O–H groups in total. The van der Waals surface area contributed by atoms with Crippen molar-refractivity contribution >= 4 is 40.1 Å². The molecule has 0 aliphatic heterocycles. The van der Waals surface area contributed by atoms with Crippen molar-refractivity contribution in [1.29, 1.82) is 5.26 Å². The predicted molar refractivity (Wildman–Crippen MR) is 131 cm³/mol. The van der Waals surface area contributed by atoms with E-state index in [2.05, 4.69) is 35.1 Å². The Bertz CT molecular complexity index is 1270. The average Bonchev–Trinajstić information content (AvgIpc) is 3.09. The van der Waals surface area contributed by atoms with E-state index in [1.807, 2.05) is 6.07 Å². The fourth-order valence-corrected chi connectivity index (χ4v) is 3.24. The van der Waals surface area contributed by atoms with Crippen molar-refractivity contribution in [1.82, 2.24) is 15.2 Å². The third-order valence-electron chi connectivity index (χ3n) is 4.29. The maximum atomic E-state index is 9.07. The van der Waals surface area contributed by atoms with Crippen molar-refractivity contribution in [2.24, 2.45) is 0 Å². The highest BCUT2D eigenvalue weighted by molar-refractivity contribution is 6.32. The van der Waals surface area contributed by atoms with Crippen molar-refractivity contribution in [2.75, 3.05) is 5.73 Å². The van der Waals surface area contributed by atoms with Gasteiger partial charge in [-0.25, -0.2) is 4.98 Å². The maximum Gasteiger partial charge on any atom is 0.183 e. The summed E-state index contributed by atoms with van der Waals surface area (Å²) in [6.45, 7) is 4.49. The number of hydrogen-bond donors (Lipinski definition) is 2. The smallest absolute Gasteiger partial charge is 0.183 e. The van der Waals surface area contributed by atoms with Gasteiger partial charge < -0.3 is 15.2 Å². The number of pyridine rings is 1. The second-order valence-corrected chi connectivity index (χ2v) is 7.96. The van der Waals surface area contributed by atoms with Gasteiger partial charge in [-0.2, -0.15) is 10.4 Å². The number of allylic oxidation sites excluding steroid dienone is 5. The molecule has 170 valence electrons. The number of nitriles is 1. The molecule has 0 spiro atoms. The van der Waals surface area contributed by atoms with Crippen LogP contribution in [-0.4, -0.2) is 15.2 Å². The molecule has 0 unspecified atom stereocenters. The molecule has 9 heteroatoms. The molecule has 33 heavy (non-hydrogen) atoms. The van der Waals surface area contributed by atoms with Crippen LogP contribution in [0.2, 0.25) is 5.02 Å². The normalized spacial score (nSPS) is 13.0. The summed E-state index contributed by atoms with van der Waals surface area (Å²) in [4.78, 5) is 4.16. The van der Waals surface area contributed by atoms with E-state index in [0.717, 1.165) is 11.1 Å². The molecule has 7 nitrogen and oxygen atoms in total. The zero-order valence-corrected chi connectivity index (χ0v) is 19.7. The Morgan fingerprint density at radius 2 is 1.97 bits per heavy atom. The number of hydrogen-bond acceptors (Lipinski definition) is 6. The molecule has 3 aromatic rings. The summed E-state index contributed by atoms with van der Waals surface area (Å²) >= 11 is 12.4. The van der Waals surface area contributed by atoms with Crippen LogP contribution in [0.1, 0.15) is 32.4 Å². The molecule has 0 amide bonds. The van der Waals surface area contributed by atoms with Crippen LogP contribution in [-0.2, 0) is 6.61 Å². The van der Waals surface area contributed by atoms with Gasteiger partial charge in [0.2, 0.25) is 0 Å². The van der Waals surface area contributed by atoms with E-state index in [-0.39, 0.29) is 6.61 Å². The number of aromatic amines is 1.